The average molecular weight is 224 g/mol. The van der Waals surface area contributed by atoms with Crippen LogP contribution in [0.2, 0.25) is 5.02 Å². The number of hydrogen-bond acceptors (Lipinski definition) is 4. The summed E-state index contributed by atoms with van der Waals surface area (Å²) in [6.07, 6.45) is 3.11. The van der Waals surface area contributed by atoms with Crippen molar-refractivity contribution in [1.82, 2.24) is 19.7 Å². The van der Waals surface area contributed by atoms with Gasteiger partial charge in [0.15, 0.2) is 0 Å². The molecule has 6 heteroatoms. The van der Waals surface area contributed by atoms with Crippen molar-refractivity contribution in [2.45, 2.75) is 6.54 Å². The second-order valence-electron chi connectivity index (χ2n) is 2.97. The van der Waals surface area contributed by atoms with E-state index in [1.54, 1.807) is 11.0 Å². The summed E-state index contributed by atoms with van der Waals surface area (Å²) in [7, 11) is 1.81. The van der Waals surface area contributed by atoms with Crippen molar-refractivity contribution in [3.05, 3.63) is 35.5 Å². The molecule has 0 atom stereocenters. The molecule has 0 fully saturated rings. The Balaban J connectivity index is 2.27. The Hall–Kier alpha value is -1.62. The first-order valence-electron chi connectivity index (χ1n) is 4.45. The molecule has 78 valence electrons. The van der Waals surface area contributed by atoms with E-state index < -0.39 is 0 Å². The number of nitrogens with one attached hydrogen (secondary N) is 1. The standard InChI is InChI=1S/C9H10ClN5/c1-11-9-3-2-7(10)8(14-9)4-15-6-12-5-13-15/h2-3,5-6H,4H2,1H3,(H,11,14). The van der Waals surface area contributed by atoms with Crippen molar-refractivity contribution in [2.24, 2.45) is 0 Å². The fourth-order valence-corrected chi connectivity index (χ4v) is 1.37. The van der Waals surface area contributed by atoms with Gasteiger partial charge in [-0.2, -0.15) is 5.10 Å². The van der Waals surface area contributed by atoms with Gasteiger partial charge in [0.05, 0.1) is 17.3 Å². The van der Waals surface area contributed by atoms with E-state index in [0.717, 1.165) is 11.5 Å². The molecule has 2 aromatic rings. The van der Waals surface area contributed by atoms with Gasteiger partial charge in [-0.25, -0.2) is 14.6 Å². The predicted molar refractivity (Wildman–Crippen MR) is 57.9 cm³/mol. The fourth-order valence-electron chi connectivity index (χ4n) is 1.20. The molecule has 0 amide bonds. The number of anilines is 1. The van der Waals surface area contributed by atoms with Crippen LogP contribution in [0, 0.1) is 0 Å². The molecule has 0 saturated carbocycles. The molecule has 0 unspecified atom stereocenters. The molecule has 0 aliphatic carbocycles. The third-order valence-corrected chi connectivity index (χ3v) is 2.30. The Morgan fingerprint density at radius 1 is 1.47 bits per heavy atom. The molecule has 0 bridgehead atoms. The molecule has 2 aromatic heterocycles. The smallest absolute Gasteiger partial charge is 0.137 e. The summed E-state index contributed by atoms with van der Waals surface area (Å²) in [5, 5.41) is 7.58. The minimum atomic E-state index is 0.522. The van der Waals surface area contributed by atoms with E-state index in [4.69, 9.17) is 11.6 Å². The first-order chi connectivity index (χ1) is 7.29. The second-order valence-corrected chi connectivity index (χ2v) is 3.38. The molecule has 0 spiro atoms. The van der Waals surface area contributed by atoms with Crippen LogP contribution in [0.1, 0.15) is 5.69 Å². The van der Waals surface area contributed by atoms with Crippen LogP contribution in [0.3, 0.4) is 0 Å². The van der Waals surface area contributed by atoms with E-state index in [1.807, 2.05) is 19.2 Å². The lowest BCUT2D eigenvalue weighted by Crippen LogP contribution is -2.04. The third-order valence-electron chi connectivity index (χ3n) is 1.95. The topological polar surface area (TPSA) is 55.6 Å². The summed E-state index contributed by atoms with van der Waals surface area (Å²) in [4.78, 5) is 8.19. The molecule has 0 aliphatic rings. The largest absolute Gasteiger partial charge is 0.373 e. The maximum atomic E-state index is 6.02. The molecule has 0 saturated heterocycles. The molecular weight excluding hydrogens is 214 g/mol. The van der Waals surface area contributed by atoms with Crippen LogP contribution in [-0.2, 0) is 6.54 Å². The summed E-state index contributed by atoms with van der Waals surface area (Å²) in [5.74, 6) is 0.787. The average Bonchev–Trinajstić information content (AvgIpc) is 2.74. The van der Waals surface area contributed by atoms with E-state index in [9.17, 15) is 0 Å². The molecule has 0 radical (unpaired) electrons. The lowest BCUT2D eigenvalue weighted by atomic mass is 10.3. The molecule has 2 rings (SSSR count). The molecule has 1 N–H and O–H groups in total. The highest BCUT2D eigenvalue weighted by molar-refractivity contribution is 6.31. The number of aromatic nitrogens is 4. The molecular formula is C9H10ClN5. The Labute approximate surface area is 92.1 Å². The highest BCUT2D eigenvalue weighted by atomic mass is 35.5. The van der Waals surface area contributed by atoms with E-state index in [-0.39, 0.29) is 0 Å². The van der Waals surface area contributed by atoms with Crippen molar-refractivity contribution < 1.29 is 0 Å². The van der Waals surface area contributed by atoms with Crippen molar-refractivity contribution in [2.75, 3.05) is 12.4 Å². The third kappa shape index (κ3) is 2.24. The highest BCUT2D eigenvalue weighted by Crippen LogP contribution is 2.16. The van der Waals surface area contributed by atoms with E-state index >= 15 is 0 Å². The summed E-state index contributed by atoms with van der Waals surface area (Å²) in [6, 6.07) is 3.64. The Kier molecular flexibility index (Phi) is 2.82. The normalized spacial score (nSPS) is 10.3. The van der Waals surface area contributed by atoms with Gasteiger partial charge < -0.3 is 5.32 Å². The van der Waals surface area contributed by atoms with Crippen molar-refractivity contribution in [3.63, 3.8) is 0 Å². The molecule has 0 aliphatic heterocycles. The van der Waals surface area contributed by atoms with Gasteiger partial charge in [0.1, 0.15) is 18.5 Å². The number of hydrogen-bond donors (Lipinski definition) is 1. The van der Waals surface area contributed by atoms with Crippen LogP contribution in [0.5, 0.6) is 0 Å². The minimum Gasteiger partial charge on any atom is -0.373 e. The molecule has 0 aromatic carbocycles. The van der Waals surface area contributed by atoms with Gasteiger partial charge in [-0.1, -0.05) is 11.6 Å². The SMILES string of the molecule is CNc1ccc(Cl)c(Cn2cncn2)n1. The zero-order valence-corrected chi connectivity index (χ0v) is 8.94. The lowest BCUT2D eigenvalue weighted by molar-refractivity contribution is 0.671. The van der Waals surface area contributed by atoms with Crippen LogP contribution in [0.4, 0.5) is 5.82 Å². The van der Waals surface area contributed by atoms with E-state index in [0.29, 0.717) is 11.6 Å². The molecule has 15 heavy (non-hydrogen) atoms. The number of nitrogens with zero attached hydrogens (tertiary/aromatic N) is 4. The van der Waals surface area contributed by atoms with Crippen LogP contribution in [0.15, 0.2) is 24.8 Å². The number of rotatable bonds is 3. The summed E-state index contributed by atoms with van der Waals surface area (Å²) in [6.45, 7) is 0.522. The molecule has 2 heterocycles. The Morgan fingerprint density at radius 2 is 2.33 bits per heavy atom. The Morgan fingerprint density at radius 3 is 3.00 bits per heavy atom. The minimum absolute atomic E-state index is 0.522. The van der Waals surface area contributed by atoms with Gasteiger partial charge >= 0.3 is 0 Å². The summed E-state index contributed by atoms with van der Waals surface area (Å²) >= 11 is 6.02. The van der Waals surface area contributed by atoms with Crippen molar-refractivity contribution >= 4 is 17.4 Å². The first-order valence-corrected chi connectivity index (χ1v) is 4.83. The Bertz CT molecular complexity index is 440. The monoisotopic (exact) mass is 223 g/mol. The zero-order chi connectivity index (χ0) is 10.7. The second kappa shape index (κ2) is 4.27. The van der Waals surface area contributed by atoms with Gasteiger partial charge in [-0.15, -0.1) is 0 Å². The zero-order valence-electron chi connectivity index (χ0n) is 8.18. The van der Waals surface area contributed by atoms with Gasteiger partial charge in [0, 0.05) is 7.05 Å². The van der Waals surface area contributed by atoms with Gasteiger partial charge in [-0.3, -0.25) is 0 Å². The van der Waals surface area contributed by atoms with E-state index in [1.165, 1.54) is 6.33 Å². The van der Waals surface area contributed by atoms with Gasteiger partial charge in [0.25, 0.3) is 0 Å². The summed E-state index contributed by atoms with van der Waals surface area (Å²) < 4.78 is 1.67. The van der Waals surface area contributed by atoms with Crippen LogP contribution >= 0.6 is 11.6 Å². The van der Waals surface area contributed by atoms with Crippen molar-refractivity contribution in [1.29, 1.82) is 0 Å². The quantitative estimate of drug-likeness (QED) is 0.855. The number of pyridine rings is 1. The summed E-state index contributed by atoms with van der Waals surface area (Å²) in [5.41, 5.74) is 0.772. The van der Waals surface area contributed by atoms with Crippen molar-refractivity contribution in [3.8, 4) is 0 Å². The maximum absolute atomic E-state index is 6.02. The van der Waals surface area contributed by atoms with Gasteiger partial charge in [0.2, 0.25) is 0 Å². The number of halogens is 1. The van der Waals surface area contributed by atoms with E-state index in [2.05, 4.69) is 20.4 Å². The fraction of sp³-hybridized carbons (Fsp3) is 0.222. The lowest BCUT2D eigenvalue weighted by Gasteiger charge is -2.05. The van der Waals surface area contributed by atoms with Gasteiger partial charge in [-0.05, 0) is 12.1 Å². The maximum Gasteiger partial charge on any atom is 0.137 e. The first kappa shape index (κ1) is 9.92. The van der Waals surface area contributed by atoms with Crippen LogP contribution < -0.4 is 5.32 Å². The van der Waals surface area contributed by atoms with Crippen LogP contribution in [0.25, 0.3) is 0 Å². The highest BCUT2D eigenvalue weighted by Gasteiger charge is 2.04. The predicted octanol–water partition coefficient (Wildman–Crippen LogP) is 1.42. The van der Waals surface area contributed by atoms with Crippen LogP contribution in [-0.4, -0.2) is 26.8 Å². The molecule has 5 nitrogen and oxygen atoms in total.